The Bertz CT molecular complexity index is 510. The lowest BCUT2D eigenvalue weighted by Crippen LogP contribution is -2.14. The van der Waals surface area contributed by atoms with Gasteiger partial charge in [-0.1, -0.05) is 0 Å². The first-order valence-electron chi connectivity index (χ1n) is 4.79. The summed E-state index contributed by atoms with van der Waals surface area (Å²) in [5.41, 5.74) is 13.6. The zero-order valence-electron chi connectivity index (χ0n) is 8.55. The van der Waals surface area contributed by atoms with Gasteiger partial charge in [-0.3, -0.25) is 4.79 Å². The Labute approximate surface area is 93.0 Å². The van der Waals surface area contributed by atoms with Crippen LogP contribution in [0.5, 0.6) is 0 Å². The molecule has 4 nitrogen and oxygen atoms in total. The number of allylic oxidation sites excluding steroid dienone is 3. The normalized spacial score (nSPS) is 17.6. The van der Waals surface area contributed by atoms with Gasteiger partial charge >= 0.3 is 0 Å². The van der Waals surface area contributed by atoms with Gasteiger partial charge in [0.15, 0.2) is 5.78 Å². The molecule has 0 unspecified atom stereocenters. The largest absolute Gasteiger partial charge is 0.399 e. The Morgan fingerprint density at radius 2 is 1.69 bits per heavy atom. The number of nitrogens with zero attached hydrogens (tertiary/aromatic N) is 1. The van der Waals surface area contributed by atoms with Gasteiger partial charge in [0.2, 0.25) is 0 Å². The van der Waals surface area contributed by atoms with Crippen LogP contribution in [-0.4, -0.2) is 11.5 Å². The quantitative estimate of drug-likeness (QED) is 0.545. The Morgan fingerprint density at radius 1 is 1.00 bits per heavy atom. The first-order valence-corrected chi connectivity index (χ1v) is 4.79. The molecule has 4 heteroatoms. The number of hydrogen-bond donors (Lipinski definition) is 2. The van der Waals surface area contributed by atoms with E-state index >= 15 is 0 Å². The highest BCUT2D eigenvalue weighted by Crippen LogP contribution is 2.16. The molecule has 0 amide bonds. The number of nitrogen functional groups attached to an aromatic ring is 1. The molecule has 0 heterocycles. The molecule has 0 fully saturated rings. The van der Waals surface area contributed by atoms with Crippen molar-refractivity contribution in [1.82, 2.24) is 0 Å². The highest BCUT2D eigenvalue weighted by Gasteiger charge is 2.07. The van der Waals surface area contributed by atoms with Gasteiger partial charge in [-0.05, 0) is 36.4 Å². The topological polar surface area (TPSA) is 81.5 Å². The van der Waals surface area contributed by atoms with Crippen molar-refractivity contribution in [2.75, 3.05) is 5.73 Å². The van der Waals surface area contributed by atoms with E-state index in [4.69, 9.17) is 11.5 Å². The van der Waals surface area contributed by atoms with Crippen molar-refractivity contribution in [3.05, 3.63) is 48.2 Å². The third kappa shape index (κ3) is 2.17. The van der Waals surface area contributed by atoms with E-state index in [1.54, 1.807) is 30.3 Å². The van der Waals surface area contributed by atoms with Crippen molar-refractivity contribution in [3.8, 4) is 0 Å². The summed E-state index contributed by atoms with van der Waals surface area (Å²) in [6.07, 6.45) is 4.40. The molecule has 0 radical (unpaired) electrons. The summed E-state index contributed by atoms with van der Waals surface area (Å²) >= 11 is 0. The van der Waals surface area contributed by atoms with Gasteiger partial charge in [0.05, 0.1) is 17.1 Å². The summed E-state index contributed by atoms with van der Waals surface area (Å²) in [7, 11) is 0. The standard InChI is InChI=1S/C12H11N3O/c13-8-1-3-9(4-2-8)15-12-6-5-10(16)7-11(12)14/h1-7H,13-14H2. The van der Waals surface area contributed by atoms with Gasteiger partial charge in [0.25, 0.3) is 0 Å². The van der Waals surface area contributed by atoms with Gasteiger partial charge in [-0.25, -0.2) is 4.99 Å². The molecule has 1 aromatic carbocycles. The summed E-state index contributed by atoms with van der Waals surface area (Å²) in [5, 5.41) is 0. The average Bonchev–Trinajstić information content (AvgIpc) is 2.25. The molecule has 0 aliphatic heterocycles. The first kappa shape index (κ1) is 10.2. The fourth-order valence-electron chi connectivity index (χ4n) is 1.32. The van der Waals surface area contributed by atoms with Crippen LogP contribution < -0.4 is 11.5 Å². The zero-order chi connectivity index (χ0) is 11.5. The number of benzene rings is 1. The van der Waals surface area contributed by atoms with Crippen molar-refractivity contribution >= 4 is 22.9 Å². The minimum Gasteiger partial charge on any atom is -0.399 e. The summed E-state index contributed by atoms with van der Waals surface area (Å²) in [6.45, 7) is 0. The van der Waals surface area contributed by atoms with E-state index in [0.717, 1.165) is 5.69 Å². The Kier molecular flexibility index (Phi) is 2.55. The van der Waals surface area contributed by atoms with Crippen LogP contribution in [-0.2, 0) is 4.79 Å². The second kappa shape index (κ2) is 4.02. The molecular weight excluding hydrogens is 202 g/mol. The maximum absolute atomic E-state index is 11.0. The van der Waals surface area contributed by atoms with E-state index in [1.807, 2.05) is 0 Å². The molecular formula is C12H11N3O. The fourth-order valence-corrected chi connectivity index (χ4v) is 1.32. The maximum Gasteiger partial charge on any atom is 0.180 e. The van der Waals surface area contributed by atoms with Gasteiger partial charge in [-0.15, -0.1) is 0 Å². The third-order valence-electron chi connectivity index (χ3n) is 2.14. The van der Waals surface area contributed by atoms with Gasteiger partial charge in [0, 0.05) is 11.8 Å². The predicted octanol–water partition coefficient (Wildman–Crippen LogP) is 1.32. The van der Waals surface area contributed by atoms with E-state index in [2.05, 4.69) is 4.99 Å². The Balaban J connectivity index is 2.32. The zero-order valence-corrected chi connectivity index (χ0v) is 8.55. The number of ketones is 1. The smallest absolute Gasteiger partial charge is 0.180 e. The lowest BCUT2D eigenvalue weighted by molar-refractivity contribution is -0.110. The summed E-state index contributed by atoms with van der Waals surface area (Å²) in [5.74, 6) is -0.117. The van der Waals surface area contributed by atoms with Crippen LogP contribution in [0.1, 0.15) is 0 Å². The molecule has 0 spiro atoms. The minimum atomic E-state index is -0.117. The molecule has 1 aliphatic carbocycles. The van der Waals surface area contributed by atoms with Crippen LogP contribution in [0.3, 0.4) is 0 Å². The van der Waals surface area contributed by atoms with Crippen LogP contribution in [0, 0.1) is 0 Å². The molecule has 80 valence electrons. The average molecular weight is 213 g/mol. The number of hydrogen-bond acceptors (Lipinski definition) is 4. The van der Waals surface area contributed by atoms with Crippen LogP contribution in [0.25, 0.3) is 0 Å². The molecule has 0 saturated carbocycles. The van der Waals surface area contributed by atoms with E-state index in [9.17, 15) is 4.79 Å². The first-order chi connectivity index (χ1) is 7.65. The predicted molar refractivity (Wildman–Crippen MR) is 64.4 cm³/mol. The molecule has 1 aromatic rings. The molecule has 2 rings (SSSR count). The maximum atomic E-state index is 11.0. The second-order valence-corrected chi connectivity index (χ2v) is 3.42. The number of carbonyl (C=O) groups is 1. The van der Waals surface area contributed by atoms with Crippen LogP contribution in [0.2, 0.25) is 0 Å². The third-order valence-corrected chi connectivity index (χ3v) is 2.14. The van der Waals surface area contributed by atoms with Gasteiger partial charge in [0.1, 0.15) is 0 Å². The molecule has 4 N–H and O–H groups in total. The van der Waals surface area contributed by atoms with Crippen molar-refractivity contribution in [2.45, 2.75) is 0 Å². The lowest BCUT2D eigenvalue weighted by Gasteiger charge is -2.05. The second-order valence-electron chi connectivity index (χ2n) is 3.42. The Morgan fingerprint density at radius 3 is 2.31 bits per heavy atom. The number of anilines is 1. The van der Waals surface area contributed by atoms with Crippen molar-refractivity contribution in [1.29, 1.82) is 0 Å². The van der Waals surface area contributed by atoms with Crippen LogP contribution in [0.4, 0.5) is 11.4 Å². The van der Waals surface area contributed by atoms with E-state index in [0.29, 0.717) is 17.1 Å². The fraction of sp³-hybridized carbons (Fsp3) is 0. The van der Waals surface area contributed by atoms with Gasteiger partial charge < -0.3 is 11.5 Å². The summed E-state index contributed by atoms with van der Waals surface area (Å²) in [4.78, 5) is 15.3. The highest BCUT2D eigenvalue weighted by molar-refractivity contribution is 6.19. The van der Waals surface area contributed by atoms with E-state index in [1.165, 1.54) is 12.2 Å². The number of carbonyl (C=O) groups excluding carboxylic acids is 1. The minimum absolute atomic E-state index is 0.117. The number of nitrogens with two attached hydrogens (primary N) is 2. The monoisotopic (exact) mass is 213 g/mol. The number of aliphatic imine (C=N–C) groups is 1. The molecule has 1 aliphatic rings. The Hall–Kier alpha value is -2.36. The van der Waals surface area contributed by atoms with Crippen molar-refractivity contribution in [2.24, 2.45) is 10.7 Å². The van der Waals surface area contributed by atoms with Crippen LogP contribution in [0.15, 0.2) is 53.2 Å². The highest BCUT2D eigenvalue weighted by atomic mass is 16.1. The van der Waals surface area contributed by atoms with E-state index < -0.39 is 0 Å². The molecule has 0 bridgehead atoms. The SMILES string of the molecule is NC1=CC(=O)C=CC1=Nc1ccc(N)cc1. The number of rotatable bonds is 1. The molecule has 0 atom stereocenters. The van der Waals surface area contributed by atoms with Gasteiger partial charge in [-0.2, -0.15) is 0 Å². The van der Waals surface area contributed by atoms with E-state index in [-0.39, 0.29) is 5.78 Å². The lowest BCUT2D eigenvalue weighted by atomic mass is 10.1. The molecule has 16 heavy (non-hydrogen) atoms. The van der Waals surface area contributed by atoms with Crippen molar-refractivity contribution in [3.63, 3.8) is 0 Å². The molecule has 0 aromatic heterocycles. The van der Waals surface area contributed by atoms with Crippen LogP contribution >= 0.6 is 0 Å². The molecule has 0 saturated heterocycles. The summed E-state index contributed by atoms with van der Waals surface area (Å²) in [6, 6.07) is 7.10. The summed E-state index contributed by atoms with van der Waals surface area (Å²) < 4.78 is 0. The van der Waals surface area contributed by atoms with Crippen molar-refractivity contribution < 1.29 is 4.79 Å².